The minimum Gasteiger partial charge on any atom is -0.314 e. The van der Waals surface area contributed by atoms with Crippen LogP contribution in [0.4, 0.5) is 0 Å². The highest BCUT2D eigenvalue weighted by Gasteiger charge is 2.12. The number of carbonyl (C=O) groups is 1. The molecule has 1 aliphatic carbocycles. The molecule has 1 saturated carbocycles. The van der Waals surface area contributed by atoms with Crippen LogP contribution in [-0.2, 0) is 4.79 Å². The molecule has 0 heterocycles. The Hall–Kier alpha value is -0.630. The summed E-state index contributed by atoms with van der Waals surface area (Å²) in [5, 5.41) is 3.48. The molecule has 2 nitrogen and oxygen atoms in total. The zero-order valence-corrected chi connectivity index (χ0v) is 10.0. The number of hydrogen-bond acceptors (Lipinski definition) is 2. The number of nitrogens with one attached hydrogen (secondary N) is 1. The third kappa shape index (κ3) is 4.61. The summed E-state index contributed by atoms with van der Waals surface area (Å²) < 4.78 is 0. The Morgan fingerprint density at radius 3 is 2.60 bits per heavy atom. The number of carbonyl (C=O) groups excluding carboxylic acids is 1. The van der Waals surface area contributed by atoms with Crippen molar-refractivity contribution in [1.82, 2.24) is 5.32 Å². The van der Waals surface area contributed by atoms with Gasteiger partial charge >= 0.3 is 0 Å². The fourth-order valence-corrected chi connectivity index (χ4v) is 2.05. The van der Waals surface area contributed by atoms with Crippen LogP contribution in [0.15, 0.2) is 11.6 Å². The summed E-state index contributed by atoms with van der Waals surface area (Å²) in [6, 6.07) is 0.664. The van der Waals surface area contributed by atoms with Crippen LogP contribution in [0.25, 0.3) is 0 Å². The molecule has 0 saturated heterocycles. The van der Waals surface area contributed by atoms with E-state index in [0.717, 1.165) is 12.1 Å². The zero-order valence-electron chi connectivity index (χ0n) is 10.0. The van der Waals surface area contributed by atoms with Gasteiger partial charge in [0.2, 0.25) is 0 Å². The topological polar surface area (TPSA) is 29.1 Å². The monoisotopic (exact) mass is 209 g/mol. The standard InChI is InChI=1S/C13H23NO/c1-3-11(2)13(15)9-10-14-12-7-5-4-6-8-12/h3,12,14H,4-10H2,1-2H3. The molecule has 0 aromatic carbocycles. The van der Waals surface area contributed by atoms with Gasteiger partial charge in [-0.1, -0.05) is 25.3 Å². The van der Waals surface area contributed by atoms with E-state index in [9.17, 15) is 4.79 Å². The van der Waals surface area contributed by atoms with Crippen molar-refractivity contribution in [1.29, 1.82) is 0 Å². The average Bonchev–Trinajstić information content (AvgIpc) is 2.29. The minimum absolute atomic E-state index is 0.279. The van der Waals surface area contributed by atoms with E-state index in [1.165, 1.54) is 32.1 Å². The molecule has 0 spiro atoms. The number of Topliss-reactive ketones (excluding diaryl/α,β-unsaturated/α-hetero) is 1. The van der Waals surface area contributed by atoms with Crippen LogP contribution in [0.2, 0.25) is 0 Å². The molecule has 0 aliphatic heterocycles. The summed E-state index contributed by atoms with van der Waals surface area (Å²) in [6.07, 6.45) is 9.19. The largest absolute Gasteiger partial charge is 0.314 e. The molecule has 0 amide bonds. The van der Waals surface area contributed by atoms with Crippen molar-refractivity contribution in [2.24, 2.45) is 0 Å². The van der Waals surface area contributed by atoms with Crippen molar-refractivity contribution in [3.8, 4) is 0 Å². The van der Waals surface area contributed by atoms with Crippen molar-refractivity contribution in [2.75, 3.05) is 6.54 Å². The van der Waals surface area contributed by atoms with E-state index in [0.29, 0.717) is 12.5 Å². The van der Waals surface area contributed by atoms with Gasteiger partial charge in [-0.05, 0) is 32.3 Å². The fourth-order valence-electron chi connectivity index (χ4n) is 2.05. The lowest BCUT2D eigenvalue weighted by molar-refractivity contribution is -0.115. The molecule has 0 radical (unpaired) electrons. The van der Waals surface area contributed by atoms with Crippen molar-refractivity contribution in [2.45, 2.75) is 58.4 Å². The van der Waals surface area contributed by atoms with Crippen LogP contribution in [0.1, 0.15) is 52.4 Å². The van der Waals surface area contributed by atoms with Crippen molar-refractivity contribution >= 4 is 5.78 Å². The lowest BCUT2D eigenvalue weighted by Crippen LogP contribution is -2.32. The molecular formula is C13H23NO. The second-order valence-corrected chi connectivity index (χ2v) is 4.43. The van der Waals surface area contributed by atoms with E-state index >= 15 is 0 Å². The highest BCUT2D eigenvalue weighted by atomic mass is 16.1. The first-order valence-corrected chi connectivity index (χ1v) is 6.13. The summed E-state index contributed by atoms with van der Waals surface area (Å²) in [7, 11) is 0. The molecule has 1 fully saturated rings. The predicted octanol–water partition coefficient (Wildman–Crippen LogP) is 2.83. The van der Waals surface area contributed by atoms with Gasteiger partial charge in [0.15, 0.2) is 5.78 Å². The first-order chi connectivity index (χ1) is 7.24. The first kappa shape index (κ1) is 12.4. The van der Waals surface area contributed by atoms with Crippen LogP contribution in [0.5, 0.6) is 0 Å². The number of ketones is 1. The SMILES string of the molecule is CC=C(C)C(=O)CCNC1CCCCC1. The molecule has 1 N–H and O–H groups in total. The molecule has 0 aromatic heterocycles. The second-order valence-electron chi connectivity index (χ2n) is 4.43. The van der Waals surface area contributed by atoms with Crippen LogP contribution >= 0.6 is 0 Å². The van der Waals surface area contributed by atoms with Gasteiger partial charge in [-0.3, -0.25) is 4.79 Å². The molecular weight excluding hydrogens is 186 g/mol. The van der Waals surface area contributed by atoms with Crippen molar-refractivity contribution in [3.63, 3.8) is 0 Å². The number of hydrogen-bond donors (Lipinski definition) is 1. The third-order valence-corrected chi connectivity index (χ3v) is 3.26. The van der Waals surface area contributed by atoms with Crippen LogP contribution in [0.3, 0.4) is 0 Å². The van der Waals surface area contributed by atoms with E-state index in [2.05, 4.69) is 5.32 Å². The Kier molecular flexibility index (Phi) is 5.62. The van der Waals surface area contributed by atoms with Gasteiger partial charge in [0.25, 0.3) is 0 Å². The molecule has 0 aromatic rings. The maximum absolute atomic E-state index is 11.5. The minimum atomic E-state index is 0.279. The molecule has 2 heteroatoms. The molecule has 15 heavy (non-hydrogen) atoms. The van der Waals surface area contributed by atoms with E-state index in [4.69, 9.17) is 0 Å². The summed E-state index contributed by atoms with van der Waals surface area (Å²) >= 11 is 0. The number of rotatable bonds is 5. The molecule has 1 rings (SSSR count). The lowest BCUT2D eigenvalue weighted by Gasteiger charge is -2.22. The Morgan fingerprint density at radius 1 is 1.33 bits per heavy atom. The molecule has 1 aliphatic rings. The second kappa shape index (κ2) is 6.78. The molecule has 0 unspecified atom stereocenters. The predicted molar refractivity (Wildman–Crippen MR) is 63.9 cm³/mol. The summed E-state index contributed by atoms with van der Waals surface area (Å²) in [4.78, 5) is 11.5. The Balaban J connectivity index is 2.12. The average molecular weight is 209 g/mol. The van der Waals surface area contributed by atoms with Crippen LogP contribution in [0, 0.1) is 0 Å². The highest BCUT2D eigenvalue weighted by molar-refractivity contribution is 5.94. The Labute approximate surface area is 93.1 Å². The van der Waals surface area contributed by atoms with Gasteiger partial charge in [0.1, 0.15) is 0 Å². The Bertz CT molecular complexity index is 227. The van der Waals surface area contributed by atoms with Crippen molar-refractivity contribution < 1.29 is 4.79 Å². The van der Waals surface area contributed by atoms with Crippen molar-refractivity contribution in [3.05, 3.63) is 11.6 Å². The van der Waals surface area contributed by atoms with Gasteiger partial charge in [-0.2, -0.15) is 0 Å². The van der Waals surface area contributed by atoms with E-state index < -0.39 is 0 Å². The maximum atomic E-state index is 11.5. The summed E-state index contributed by atoms with van der Waals surface area (Å²) in [5.74, 6) is 0.279. The Morgan fingerprint density at radius 2 is 2.00 bits per heavy atom. The fraction of sp³-hybridized carbons (Fsp3) is 0.769. The van der Waals surface area contributed by atoms with Crippen LogP contribution in [-0.4, -0.2) is 18.4 Å². The third-order valence-electron chi connectivity index (χ3n) is 3.26. The highest BCUT2D eigenvalue weighted by Crippen LogP contribution is 2.17. The zero-order chi connectivity index (χ0) is 11.1. The van der Waals surface area contributed by atoms with Gasteiger partial charge in [-0.25, -0.2) is 0 Å². The molecule has 0 bridgehead atoms. The van der Waals surface area contributed by atoms with Gasteiger partial charge in [0, 0.05) is 19.0 Å². The summed E-state index contributed by atoms with van der Waals surface area (Å²) in [5.41, 5.74) is 0.889. The summed E-state index contributed by atoms with van der Waals surface area (Å²) in [6.45, 7) is 4.65. The molecule has 0 atom stereocenters. The van der Waals surface area contributed by atoms with E-state index in [1.54, 1.807) is 0 Å². The normalized spacial score (nSPS) is 19.2. The quantitative estimate of drug-likeness (QED) is 0.705. The van der Waals surface area contributed by atoms with E-state index in [1.807, 2.05) is 19.9 Å². The van der Waals surface area contributed by atoms with E-state index in [-0.39, 0.29) is 5.78 Å². The van der Waals surface area contributed by atoms with Gasteiger partial charge in [0.05, 0.1) is 0 Å². The first-order valence-electron chi connectivity index (χ1n) is 6.13. The van der Waals surface area contributed by atoms with Gasteiger partial charge < -0.3 is 5.32 Å². The van der Waals surface area contributed by atoms with Crippen LogP contribution < -0.4 is 5.32 Å². The smallest absolute Gasteiger partial charge is 0.159 e. The molecule has 86 valence electrons. The lowest BCUT2D eigenvalue weighted by atomic mass is 9.95. The number of allylic oxidation sites excluding steroid dienone is 2. The van der Waals surface area contributed by atoms with Gasteiger partial charge in [-0.15, -0.1) is 0 Å². The maximum Gasteiger partial charge on any atom is 0.159 e.